The van der Waals surface area contributed by atoms with Crippen molar-refractivity contribution in [2.75, 3.05) is 13.1 Å². The van der Waals surface area contributed by atoms with Crippen molar-refractivity contribution in [1.29, 1.82) is 0 Å². The SMILES string of the molecule is O=C1NC(=S)S/C1=C\c1ccc(CNC[C@@H]2C[C@@H](OCc3ccccc3-c3ccccc3)CN2C(=O)c2ccccc2C(=O)c2ccc(F)cc2)cc1. The van der Waals surface area contributed by atoms with Gasteiger partial charge in [-0.05, 0) is 70.6 Å². The van der Waals surface area contributed by atoms with Crippen molar-refractivity contribution < 1.29 is 23.5 Å². The Kier molecular flexibility index (Phi) is 11.3. The topological polar surface area (TPSA) is 87.7 Å². The molecule has 2 saturated heterocycles. The van der Waals surface area contributed by atoms with Gasteiger partial charge < -0.3 is 20.3 Å². The van der Waals surface area contributed by atoms with E-state index in [4.69, 9.17) is 17.0 Å². The van der Waals surface area contributed by atoms with E-state index in [0.29, 0.717) is 53.0 Å². The molecule has 7 rings (SSSR count). The van der Waals surface area contributed by atoms with E-state index in [2.05, 4.69) is 34.9 Å². The number of thiocarbonyl (C=S) groups is 1. The Hall–Kier alpha value is -5.26. The van der Waals surface area contributed by atoms with Gasteiger partial charge in [0.2, 0.25) is 0 Å². The second kappa shape index (κ2) is 16.6. The number of carbonyl (C=O) groups excluding carboxylic acids is 3. The van der Waals surface area contributed by atoms with Gasteiger partial charge in [0.15, 0.2) is 5.78 Å². The van der Waals surface area contributed by atoms with Crippen molar-refractivity contribution in [2.24, 2.45) is 0 Å². The molecule has 53 heavy (non-hydrogen) atoms. The van der Waals surface area contributed by atoms with E-state index in [1.807, 2.05) is 65.6 Å². The van der Waals surface area contributed by atoms with Crippen LogP contribution in [-0.4, -0.2) is 52.1 Å². The Morgan fingerprint density at radius 2 is 1.58 bits per heavy atom. The lowest BCUT2D eigenvalue weighted by Gasteiger charge is -2.26. The van der Waals surface area contributed by atoms with Gasteiger partial charge in [-0.25, -0.2) is 4.39 Å². The predicted molar refractivity (Wildman–Crippen MR) is 211 cm³/mol. The van der Waals surface area contributed by atoms with Crippen molar-refractivity contribution in [3.63, 3.8) is 0 Å². The van der Waals surface area contributed by atoms with E-state index < -0.39 is 5.82 Å². The van der Waals surface area contributed by atoms with Gasteiger partial charge >= 0.3 is 0 Å². The van der Waals surface area contributed by atoms with Gasteiger partial charge in [-0.1, -0.05) is 121 Å². The highest BCUT2D eigenvalue weighted by Gasteiger charge is 2.37. The molecule has 266 valence electrons. The number of ether oxygens (including phenoxy) is 1. The number of amides is 2. The quantitative estimate of drug-likeness (QED) is 0.0767. The second-order valence-corrected chi connectivity index (χ2v) is 14.6. The van der Waals surface area contributed by atoms with Crippen LogP contribution in [0.1, 0.15) is 49.4 Å². The Bertz CT molecular complexity index is 2170. The Morgan fingerprint density at radius 3 is 2.32 bits per heavy atom. The van der Waals surface area contributed by atoms with E-state index in [0.717, 1.165) is 27.8 Å². The Labute approximate surface area is 317 Å². The largest absolute Gasteiger partial charge is 0.372 e. The first-order valence-corrected chi connectivity index (χ1v) is 18.5. The number of nitrogens with zero attached hydrogens (tertiary/aromatic N) is 1. The number of benzene rings is 5. The van der Waals surface area contributed by atoms with Gasteiger partial charge in [0.25, 0.3) is 11.8 Å². The minimum atomic E-state index is -0.439. The van der Waals surface area contributed by atoms with E-state index in [-0.39, 0.29) is 35.3 Å². The standard InChI is InChI=1S/C43H36FN3O4S2/c44-33-20-18-31(19-21-33)40(48)37-12-6-7-13-38(37)42(50)47-26-35(51-27-32-10-4-5-11-36(32)30-8-2-1-3-9-30)23-34(47)25-45-24-29-16-14-28(15-17-29)22-39-41(49)46-43(52)53-39/h1-22,34-35,45H,23-27H2,(H,46,49,52)/b39-22-/t34-,35+/m0/s1. The lowest BCUT2D eigenvalue weighted by molar-refractivity contribution is -0.115. The van der Waals surface area contributed by atoms with Crippen LogP contribution in [0.5, 0.6) is 0 Å². The fraction of sp³-hybridized carbons (Fsp3) is 0.163. The van der Waals surface area contributed by atoms with Crippen LogP contribution in [-0.2, 0) is 22.7 Å². The highest BCUT2D eigenvalue weighted by atomic mass is 32.2. The van der Waals surface area contributed by atoms with Crippen LogP contribution in [0.4, 0.5) is 4.39 Å². The first kappa shape index (κ1) is 36.1. The van der Waals surface area contributed by atoms with Gasteiger partial charge in [0.05, 0.1) is 23.2 Å². The third-order valence-electron chi connectivity index (χ3n) is 9.35. The maximum Gasteiger partial charge on any atom is 0.263 e. The van der Waals surface area contributed by atoms with Gasteiger partial charge in [0, 0.05) is 36.8 Å². The fourth-order valence-corrected chi connectivity index (χ4v) is 7.70. The normalized spacial score (nSPS) is 17.7. The monoisotopic (exact) mass is 741 g/mol. The number of thioether (sulfide) groups is 1. The number of nitrogens with one attached hydrogen (secondary N) is 2. The third kappa shape index (κ3) is 8.69. The molecular weight excluding hydrogens is 706 g/mol. The number of likely N-dealkylation sites (tertiary alicyclic amines) is 1. The summed E-state index contributed by atoms with van der Waals surface area (Å²) in [6.45, 7) is 1.80. The maximum absolute atomic E-state index is 14.4. The first-order chi connectivity index (χ1) is 25.8. The lowest BCUT2D eigenvalue weighted by Crippen LogP contribution is -2.42. The van der Waals surface area contributed by atoms with Crippen molar-refractivity contribution in [3.05, 3.63) is 171 Å². The lowest BCUT2D eigenvalue weighted by atomic mass is 9.97. The molecule has 0 aliphatic carbocycles. The molecule has 5 aromatic carbocycles. The van der Waals surface area contributed by atoms with Crippen LogP contribution in [0, 0.1) is 5.82 Å². The maximum atomic E-state index is 14.4. The molecule has 2 aliphatic rings. The van der Waals surface area contributed by atoms with Crippen LogP contribution in [0.15, 0.2) is 132 Å². The molecule has 0 spiro atoms. The molecule has 2 fully saturated rings. The fourth-order valence-electron chi connectivity index (χ4n) is 6.66. The molecule has 0 aromatic heterocycles. The summed E-state index contributed by atoms with van der Waals surface area (Å²) >= 11 is 6.34. The number of carbonyl (C=O) groups is 3. The molecule has 5 aromatic rings. The van der Waals surface area contributed by atoms with E-state index in [9.17, 15) is 18.8 Å². The Balaban J connectivity index is 1.07. The molecule has 7 nitrogen and oxygen atoms in total. The van der Waals surface area contributed by atoms with Gasteiger partial charge in [-0.3, -0.25) is 14.4 Å². The van der Waals surface area contributed by atoms with Crippen LogP contribution in [0.2, 0.25) is 0 Å². The van der Waals surface area contributed by atoms with Crippen LogP contribution in [0.25, 0.3) is 17.2 Å². The molecule has 0 unspecified atom stereocenters. The Morgan fingerprint density at radius 1 is 0.887 bits per heavy atom. The minimum absolute atomic E-state index is 0.188. The van der Waals surface area contributed by atoms with Crippen LogP contribution >= 0.6 is 24.0 Å². The number of hydrogen-bond acceptors (Lipinski definition) is 7. The summed E-state index contributed by atoms with van der Waals surface area (Å²) in [5.74, 6) is -1.23. The predicted octanol–water partition coefficient (Wildman–Crippen LogP) is 7.80. The summed E-state index contributed by atoms with van der Waals surface area (Å²) in [4.78, 5) is 42.4. The summed E-state index contributed by atoms with van der Waals surface area (Å²) in [7, 11) is 0. The summed E-state index contributed by atoms with van der Waals surface area (Å²) in [6, 6.07) is 38.2. The molecule has 0 saturated carbocycles. The average molecular weight is 742 g/mol. The summed E-state index contributed by atoms with van der Waals surface area (Å²) in [6.07, 6.45) is 2.18. The zero-order valence-electron chi connectivity index (χ0n) is 28.7. The van der Waals surface area contributed by atoms with Crippen molar-refractivity contribution in [1.82, 2.24) is 15.5 Å². The number of halogens is 1. The van der Waals surface area contributed by atoms with Crippen molar-refractivity contribution in [3.8, 4) is 11.1 Å². The highest BCUT2D eigenvalue weighted by molar-refractivity contribution is 8.26. The molecule has 10 heteroatoms. The number of hydrogen-bond donors (Lipinski definition) is 2. The van der Waals surface area contributed by atoms with E-state index in [1.165, 1.54) is 36.0 Å². The van der Waals surface area contributed by atoms with E-state index in [1.54, 1.807) is 24.3 Å². The average Bonchev–Trinajstić information content (AvgIpc) is 3.75. The molecule has 2 N–H and O–H groups in total. The first-order valence-electron chi connectivity index (χ1n) is 17.3. The smallest absolute Gasteiger partial charge is 0.263 e. The summed E-state index contributed by atoms with van der Waals surface area (Å²) < 4.78 is 20.6. The molecule has 0 bridgehead atoms. The van der Waals surface area contributed by atoms with Crippen molar-refractivity contribution in [2.45, 2.75) is 31.7 Å². The van der Waals surface area contributed by atoms with E-state index >= 15 is 0 Å². The second-order valence-electron chi connectivity index (χ2n) is 12.9. The third-order valence-corrected chi connectivity index (χ3v) is 10.5. The summed E-state index contributed by atoms with van der Waals surface area (Å²) in [5, 5.41) is 6.16. The molecule has 0 radical (unpaired) electrons. The number of ketones is 1. The molecule has 2 atom stereocenters. The molecule has 2 aliphatic heterocycles. The van der Waals surface area contributed by atoms with Gasteiger partial charge in [-0.15, -0.1) is 0 Å². The van der Waals surface area contributed by atoms with Crippen LogP contribution < -0.4 is 10.6 Å². The van der Waals surface area contributed by atoms with Gasteiger partial charge in [0.1, 0.15) is 10.1 Å². The minimum Gasteiger partial charge on any atom is -0.372 e. The zero-order chi connectivity index (χ0) is 36.7. The molecule has 2 amide bonds. The number of rotatable bonds is 12. The molecule has 2 heterocycles. The van der Waals surface area contributed by atoms with Crippen molar-refractivity contribution >= 4 is 52.0 Å². The highest BCUT2D eigenvalue weighted by Crippen LogP contribution is 2.29. The molecular formula is C43H36FN3O4S2. The zero-order valence-corrected chi connectivity index (χ0v) is 30.3. The van der Waals surface area contributed by atoms with Gasteiger partial charge in [-0.2, -0.15) is 0 Å². The summed E-state index contributed by atoms with van der Waals surface area (Å²) in [5.41, 5.74) is 6.07. The van der Waals surface area contributed by atoms with Crippen LogP contribution in [0.3, 0.4) is 0 Å².